The highest BCUT2D eigenvalue weighted by Gasteiger charge is 2.09. The van der Waals surface area contributed by atoms with Crippen molar-refractivity contribution in [2.45, 2.75) is 33.9 Å². The predicted octanol–water partition coefficient (Wildman–Crippen LogP) is 3.67. The van der Waals surface area contributed by atoms with Gasteiger partial charge in [-0.25, -0.2) is 0 Å². The van der Waals surface area contributed by atoms with Crippen molar-refractivity contribution in [1.29, 1.82) is 0 Å². The highest BCUT2D eigenvalue weighted by molar-refractivity contribution is 6.05. The first-order chi connectivity index (χ1) is 13.0. The minimum Gasteiger partial charge on any atom is -0.496 e. The number of benzene rings is 1. The fraction of sp³-hybridized carbons (Fsp3) is 0.286. The molecule has 1 aromatic carbocycles. The topological polar surface area (TPSA) is 61.9 Å². The summed E-state index contributed by atoms with van der Waals surface area (Å²) in [6.45, 7) is 7.35. The van der Waals surface area contributed by atoms with Gasteiger partial charge in [0.25, 0.3) is 0 Å². The molecule has 2 aromatic heterocycles. The van der Waals surface area contributed by atoms with E-state index in [1.54, 1.807) is 36.2 Å². The summed E-state index contributed by atoms with van der Waals surface area (Å²) in [6, 6.07) is 9.64. The number of carbonyl (C=O) groups excluding carboxylic acids is 1. The highest BCUT2D eigenvalue weighted by Crippen LogP contribution is 2.22. The van der Waals surface area contributed by atoms with Gasteiger partial charge in [0.15, 0.2) is 0 Å². The van der Waals surface area contributed by atoms with Crippen molar-refractivity contribution in [2.75, 3.05) is 7.11 Å². The molecule has 0 bridgehead atoms. The number of allylic oxidation sites excluding steroid dienone is 1. The lowest BCUT2D eigenvalue weighted by atomic mass is 10.1. The Hall–Kier alpha value is -3.15. The van der Waals surface area contributed by atoms with Crippen LogP contribution in [-0.2, 0) is 13.1 Å². The predicted molar refractivity (Wildman–Crippen MR) is 105 cm³/mol. The van der Waals surface area contributed by atoms with Gasteiger partial charge in [-0.05, 0) is 56.7 Å². The molecule has 6 heteroatoms. The lowest BCUT2D eigenvalue weighted by Gasteiger charge is -2.11. The van der Waals surface area contributed by atoms with Crippen molar-refractivity contribution in [3.8, 4) is 5.75 Å². The molecular formula is C21H24N4O2. The number of ether oxygens (including phenoxy) is 1. The summed E-state index contributed by atoms with van der Waals surface area (Å²) in [7, 11) is 1.66. The highest BCUT2D eigenvalue weighted by atomic mass is 16.5. The average Bonchev–Trinajstić information content (AvgIpc) is 3.26. The van der Waals surface area contributed by atoms with E-state index in [-0.39, 0.29) is 5.78 Å². The molecule has 3 rings (SSSR count). The van der Waals surface area contributed by atoms with Crippen molar-refractivity contribution in [3.05, 3.63) is 70.8 Å². The van der Waals surface area contributed by atoms with Gasteiger partial charge in [-0.1, -0.05) is 12.1 Å². The SMILES string of the molecule is CCn1ccc(C(=O)/C=C/c2ccc(OC)c(Cn3nc(C)cc3C)c2)n1. The van der Waals surface area contributed by atoms with E-state index in [1.165, 1.54) is 0 Å². The Bertz CT molecular complexity index is 982. The second-order valence-corrected chi connectivity index (χ2v) is 6.41. The van der Waals surface area contributed by atoms with Gasteiger partial charge in [0.05, 0.1) is 19.3 Å². The Kier molecular flexibility index (Phi) is 5.54. The maximum absolute atomic E-state index is 12.3. The van der Waals surface area contributed by atoms with Crippen molar-refractivity contribution in [2.24, 2.45) is 0 Å². The normalized spacial score (nSPS) is 11.3. The van der Waals surface area contributed by atoms with Crippen molar-refractivity contribution >= 4 is 11.9 Å². The second-order valence-electron chi connectivity index (χ2n) is 6.41. The molecule has 27 heavy (non-hydrogen) atoms. The number of nitrogens with zero attached hydrogens (tertiary/aromatic N) is 4. The van der Waals surface area contributed by atoms with Crippen LogP contribution >= 0.6 is 0 Å². The van der Waals surface area contributed by atoms with Gasteiger partial charge in [-0.3, -0.25) is 14.2 Å². The fourth-order valence-corrected chi connectivity index (χ4v) is 2.95. The monoisotopic (exact) mass is 364 g/mol. The van der Waals surface area contributed by atoms with Crippen LogP contribution in [0.3, 0.4) is 0 Å². The molecule has 0 aliphatic rings. The van der Waals surface area contributed by atoms with Gasteiger partial charge in [0, 0.05) is 24.0 Å². The van der Waals surface area contributed by atoms with Gasteiger partial charge in [-0.2, -0.15) is 10.2 Å². The van der Waals surface area contributed by atoms with Crippen molar-refractivity contribution in [3.63, 3.8) is 0 Å². The van der Waals surface area contributed by atoms with E-state index in [0.29, 0.717) is 12.2 Å². The van der Waals surface area contributed by atoms with Crippen LogP contribution in [0.2, 0.25) is 0 Å². The van der Waals surface area contributed by atoms with Crippen molar-refractivity contribution in [1.82, 2.24) is 19.6 Å². The summed E-state index contributed by atoms with van der Waals surface area (Å²) in [5.74, 6) is 0.686. The lowest BCUT2D eigenvalue weighted by Crippen LogP contribution is -2.05. The number of hydrogen-bond acceptors (Lipinski definition) is 4. The van der Waals surface area contributed by atoms with E-state index < -0.39 is 0 Å². The smallest absolute Gasteiger partial charge is 0.206 e. The van der Waals surface area contributed by atoms with Crippen LogP contribution < -0.4 is 4.74 Å². The van der Waals surface area contributed by atoms with Crippen LogP contribution in [0, 0.1) is 13.8 Å². The summed E-state index contributed by atoms with van der Waals surface area (Å²) >= 11 is 0. The Morgan fingerprint density at radius 2 is 2.00 bits per heavy atom. The first-order valence-corrected chi connectivity index (χ1v) is 8.94. The van der Waals surface area contributed by atoms with E-state index in [2.05, 4.69) is 10.2 Å². The van der Waals surface area contributed by atoms with Crippen LogP contribution in [0.1, 0.15) is 39.9 Å². The largest absolute Gasteiger partial charge is 0.496 e. The molecule has 0 radical (unpaired) electrons. The number of aryl methyl sites for hydroxylation is 3. The minimum absolute atomic E-state index is 0.113. The molecule has 0 fully saturated rings. The molecular weight excluding hydrogens is 340 g/mol. The lowest BCUT2D eigenvalue weighted by molar-refractivity contribution is 0.104. The van der Waals surface area contributed by atoms with Gasteiger partial charge >= 0.3 is 0 Å². The van der Waals surface area contributed by atoms with E-state index in [9.17, 15) is 4.79 Å². The van der Waals surface area contributed by atoms with Gasteiger partial charge in [-0.15, -0.1) is 0 Å². The van der Waals surface area contributed by atoms with Gasteiger partial charge in [0.2, 0.25) is 5.78 Å². The van der Waals surface area contributed by atoms with Crippen LogP contribution in [0.25, 0.3) is 6.08 Å². The standard InChI is InChI=1S/C21H24N4O2/c1-5-24-11-10-19(23-24)20(26)8-6-17-7-9-21(27-4)18(13-17)14-25-16(3)12-15(2)22-25/h6-13H,5,14H2,1-4H3/b8-6+. The van der Waals surface area contributed by atoms with E-state index >= 15 is 0 Å². The summed E-state index contributed by atoms with van der Waals surface area (Å²) in [6.07, 6.45) is 5.16. The third-order valence-corrected chi connectivity index (χ3v) is 4.37. The second kappa shape index (κ2) is 8.03. The quantitative estimate of drug-likeness (QED) is 0.474. The number of rotatable bonds is 7. The Morgan fingerprint density at radius 3 is 2.63 bits per heavy atom. The first-order valence-electron chi connectivity index (χ1n) is 8.94. The Labute approximate surface area is 159 Å². The third-order valence-electron chi connectivity index (χ3n) is 4.37. The summed E-state index contributed by atoms with van der Waals surface area (Å²) in [5.41, 5.74) is 4.46. The van der Waals surface area contributed by atoms with Gasteiger partial charge < -0.3 is 4.74 Å². The number of carbonyl (C=O) groups is 1. The minimum atomic E-state index is -0.113. The molecule has 0 N–H and O–H groups in total. The molecule has 0 saturated heterocycles. The zero-order valence-corrected chi connectivity index (χ0v) is 16.1. The molecule has 140 valence electrons. The Balaban J connectivity index is 1.81. The van der Waals surface area contributed by atoms with Crippen LogP contribution in [0.4, 0.5) is 0 Å². The van der Waals surface area contributed by atoms with E-state index in [1.807, 2.05) is 49.7 Å². The molecule has 6 nitrogen and oxygen atoms in total. The number of methoxy groups -OCH3 is 1. The molecule has 3 aromatic rings. The molecule has 0 spiro atoms. The van der Waals surface area contributed by atoms with E-state index in [4.69, 9.17) is 4.74 Å². The number of hydrogen-bond donors (Lipinski definition) is 0. The van der Waals surface area contributed by atoms with Gasteiger partial charge in [0.1, 0.15) is 11.4 Å². The van der Waals surface area contributed by atoms with Crippen LogP contribution in [0.15, 0.2) is 42.6 Å². The summed E-state index contributed by atoms with van der Waals surface area (Å²) in [4.78, 5) is 12.3. The molecule has 0 atom stereocenters. The summed E-state index contributed by atoms with van der Waals surface area (Å²) in [5, 5.41) is 8.75. The third kappa shape index (κ3) is 4.34. The number of aromatic nitrogens is 4. The first kappa shape index (κ1) is 18.6. The molecule has 0 saturated carbocycles. The molecule has 2 heterocycles. The summed E-state index contributed by atoms with van der Waals surface area (Å²) < 4.78 is 9.17. The molecule has 0 aliphatic heterocycles. The maximum atomic E-state index is 12.3. The van der Waals surface area contributed by atoms with Crippen molar-refractivity contribution < 1.29 is 9.53 Å². The zero-order chi connectivity index (χ0) is 19.4. The zero-order valence-electron chi connectivity index (χ0n) is 16.1. The molecule has 0 amide bonds. The Morgan fingerprint density at radius 1 is 1.19 bits per heavy atom. The average molecular weight is 364 g/mol. The maximum Gasteiger partial charge on any atom is 0.206 e. The molecule has 0 aliphatic carbocycles. The molecule has 0 unspecified atom stereocenters. The van der Waals surface area contributed by atoms with Crippen LogP contribution in [0.5, 0.6) is 5.75 Å². The number of ketones is 1. The van der Waals surface area contributed by atoms with E-state index in [0.717, 1.165) is 34.8 Å². The fourth-order valence-electron chi connectivity index (χ4n) is 2.95. The van der Waals surface area contributed by atoms with Crippen LogP contribution in [-0.4, -0.2) is 32.5 Å².